The summed E-state index contributed by atoms with van der Waals surface area (Å²) in [5, 5.41) is 0. The molecule has 5 rings (SSSR count). The highest BCUT2D eigenvalue weighted by Crippen LogP contribution is 2.39. The largest absolute Gasteiger partial charge is 0.455 e. The molecule has 3 heterocycles. The van der Waals surface area contributed by atoms with Gasteiger partial charge in [0.15, 0.2) is 0 Å². The van der Waals surface area contributed by atoms with Crippen LogP contribution in [0.25, 0.3) is 0 Å². The standard InChI is InChI=1S/C24H25F4N3O/c25-19-7-5-18(6-8-19)21-20-4-2-1-3-17(20)9-12-31(21)22-29-15-23(32-22)10-13-30(16-23)14-11-24(26,27)28/h1-8,21H,9-16H2/t21-,23-/m0/s1. The summed E-state index contributed by atoms with van der Waals surface area (Å²) in [4.78, 5) is 8.63. The molecular formula is C24H25F4N3O. The fourth-order valence-electron chi connectivity index (χ4n) is 5.01. The zero-order valence-electron chi connectivity index (χ0n) is 17.6. The van der Waals surface area contributed by atoms with Gasteiger partial charge in [-0.15, -0.1) is 0 Å². The van der Waals surface area contributed by atoms with E-state index < -0.39 is 18.2 Å². The molecule has 2 atom stereocenters. The first kappa shape index (κ1) is 21.2. The van der Waals surface area contributed by atoms with E-state index in [4.69, 9.17) is 9.73 Å². The molecule has 0 unspecified atom stereocenters. The Kier molecular flexibility index (Phi) is 5.35. The van der Waals surface area contributed by atoms with Gasteiger partial charge in [-0.1, -0.05) is 36.4 Å². The maximum atomic E-state index is 13.6. The van der Waals surface area contributed by atoms with Crippen molar-refractivity contribution in [2.75, 3.05) is 32.7 Å². The maximum Gasteiger partial charge on any atom is 0.390 e. The van der Waals surface area contributed by atoms with Crippen molar-refractivity contribution < 1.29 is 22.3 Å². The van der Waals surface area contributed by atoms with Gasteiger partial charge in [-0.25, -0.2) is 9.38 Å². The third-order valence-electron chi connectivity index (χ3n) is 6.63. The Morgan fingerprint density at radius 3 is 2.62 bits per heavy atom. The highest BCUT2D eigenvalue weighted by Gasteiger charge is 2.47. The summed E-state index contributed by atoms with van der Waals surface area (Å²) in [7, 11) is 0. The molecule has 3 aliphatic heterocycles. The minimum Gasteiger partial charge on any atom is -0.455 e. The Morgan fingerprint density at radius 1 is 1.06 bits per heavy atom. The molecule has 2 aromatic carbocycles. The van der Waals surface area contributed by atoms with Crippen LogP contribution in [0.15, 0.2) is 53.5 Å². The number of halogens is 4. The Labute approximate surface area is 184 Å². The number of alkyl halides is 3. The molecule has 0 amide bonds. The predicted molar refractivity (Wildman–Crippen MR) is 113 cm³/mol. The van der Waals surface area contributed by atoms with Crippen LogP contribution in [-0.2, 0) is 11.2 Å². The molecule has 1 spiro atoms. The summed E-state index contributed by atoms with van der Waals surface area (Å²) >= 11 is 0. The van der Waals surface area contributed by atoms with E-state index in [0.717, 1.165) is 17.5 Å². The van der Waals surface area contributed by atoms with Crippen molar-refractivity contribution in [2.24, 2.45) is 4.99 Å². The fourth-order valence-corrected chi connectivity index (χ4v) is 5.01. The van der Waals surface area contributed by atoms with E-state index in [-0.39, 0.29) is 18.4 Å². The lowest BCUT2D eigenvalue weighted by molar-refractivity contribution is -0.137. The van der Waals surface area contributed by atoms with Crippen molar-refractivity contribution in [3.63, 3.8) is 0 Å². The molecule has 0 bridgehead atoms. The van der Waals surface area contributed by atoms with Crippen LogP contribution in [0.3, 0.4) is 0 Å². The maximum absolute atomic E-state index is 13.6. The number of fused-ring (bicyclic) bond motifs is 1. The molecule has 0 N–H and O–H groups in total. The van der Waals surface area contributed by atoms with Crippen LogP contribution < -0.4 is 0 Å². The first-order valence-corrected chi connectivity index (χ1v) is 10.9. The summed E-state index contributed by atoms with van der Waals surface area (Å²) in [5.41, 5.74) is 2.76. The van der Waals surface area contributed by atoms with Gasteiger partial charge in [-0.05, 0) is 35.2 Å². The number of ether oxygens (including phenoxy) is 1. The average molecular weight is 447 g/mol. The summed E-state index contributed by atoms with van der Waals surface area (Å²) in [6.45, 7) is 2.15. The number of aliphatic imine (C=N–C) groups is 1. The van der Waals surface area contributed by atoms with E-state index in [1.54, 1.807) is 12.1 Å². The second-order valence-electron chi connectivity index (χ2n) is 8.87. The van der Waals surface area contributed by atoms with Crippen LogP contribution in [0.4, 0.5) is 17.6 Å². The fraction of sp³-hybridized carbons (Fsp3) is 0.458. The normalized spacial score (nSPS) is 25.7. The number of hydrogen-bond acceptors (Lipinski definition) is 4. The van der Waals surface area contributed by atoms with Crippen LogP contribution in [0.2, 0.25) is 0 Å². The minimum atomic E-state index is -4.16. The lowest BCUT2D eigenvalue weighted by atomic mass is 9.88. The Morgan fingerprint density at radius 2 is 1.84 bits per heavy atom. The number of hydrogen-bond donors (Lipinski definition) is 0. The SMILES string of the molecule is Fc1ccc([C@H]2c3ccccc3CCN2C2=NC[C@]3(CCN(CCC(F)(F)F)C3)O2)cc1. The Hall–Kier alpha value is -2.61. The van der Waals surface area contributed by atoms with Gasteiger partial charge in [0.25, 0.3) is 6.02 Å². The first-order valence-electron chi connectivity index (χ1n) is 10.9. The van der Waals surface area contributed by atoms with Crippen molar-refractivity contribution in [1.82, 2.24) is 9.80 Å². The van der Waals surface area contributed by atoms with Crippen molar-refractivity contribution in [3.8, 4) is 0 Å². The van der Waals surface area contributed by atoms with Gasteiger partial charge < -0.3 is 9.64 Å². The summed E-state index contributed by atoms with van der Waals surface area (Å²) in [6.07, 6.45) is -3.48. The number of amidine groups is 1. The van der Waals surface area contributed by atoms with Gasteiger partial charge >= 0.3 is 6.18 Å². The van der Waals surface area contributed by atoms with Gasteiger partial charge in [0.2, 0.25) is 0 Å². The molecule has 3 aliphatic rings. The summed E-state index contributed by atoms with van der Waals surface area (Å²) in [5.74, 6) is -0.289. The second kappa shape index (κ2) is 8.06. The molecule has 32 heavy (non-hydrogen) atoms. The van der Waals surface area contributed by atoms with Crippen LogP contribution >= 0.6 is 0 Å². The van der Waals surface area contributed by atoms with E-state index in [0.29, 0.717) is 38.6 Å². The van der Waals surface area contributed by atoms with E-state index in [1.165, 1.54) is 17.7 Å². The van der Waals surface area contributed by atoms with Crippen LogP contribution in [0.1, 0.15) is 35.6 Å². The van der Waals surface area contributed by atoms with Crippen molar-refractivity contribution in [2.45, 2.75) is 37.1 Å². The molecule has 4 nitrogen and oxygen atoms in total. The van der Waals surface area contributed by atoms with Gasteiger partial charge in [-0.2, -0.15) is 13.2 Å². The molecule has 0 radical (unpaired) electrons. The average Bonchev–Trinajstić information content (AvgIpc) is 3.38. The molecule has 170 valence electrons. The monoisotopic (exact) mass is 447 g/mol. The molecule has 1 fully saturated rings. The quantitative estimate of drug-likeness (QED) is 0.646. The van der Waals surface area contributed by atoms with Crippen LogP contribution in [0.5, 0.6) is 0 Å². The predicted octanol–water partition coefficient (Wildman–Crippen LogP) is 4.56. The van der Waals surface area contributed by atoms with Gasteiger partial charge in [0.05, 0.1) is 19.0 Å². The van der Waals surface area contributed by atoms with Gasteiger partial charge in [-0.3, -0.25) is 4.90 Å². The van der Waals surface area contributed by atoms with Crippen molar-refractivity contribution >= 4 is 6.02 Å². The zero-order chi connectivity index (χ0) is 22.3. The lowest BCUT2D eigenvalue weighted by Gasteiger charge is -2.39. The first-order chi connectivity index (χ1) is 15.3. The Balaban J connectivity index is 1.36. The van der Waals surface area contributed by atoms with Crippen LogP contribution in [-0.4, -0.2) is 60.3 Å². The summed E-state index contributed by atoms with van der Waals surface area (Å²) < 4.78 is 57.8. The van der Waals surface area contributed by atoms with Crippen molar-refractivity contribution in [3.05, 3.63) is 71.0 Å². The molecule has 1 saturated heterocycles. The van der Waals surface area contributed by atoms with Crippen LogP contribution in [0, 0.1) is 5.82 Å². The number of likely N-dealkylation sites (tertiary alicyclic amines) is 1. The van der Waals surface area contributed by atoms with Gasteiger partial charge in [0.1, 0.15) is 11.4 Å². The lowest BCUT2D eigenvalue weighted by Crippen LogP contribution is -2.44. The highest BCUT2D eigenvalue weighted by molar-refractivity contribution is 5.78. The third-order valence-corrected chi connectivity index (χ3v) is 6.63. The molecule has 8 heteroatoms. The Bertz CT molecular complexity index is 1010. The van der Waals surface area contributed by atoms with E-state index in [2.05, 4.69) is 17.0 Å². The molecule has 2 aromatic rings. The van der Waals surface area contributed by atoms with E-state index >= 15 is 0 Å². The zero-order valence-corrected chi connectivity index (χ0v) is 17.6. The molecule has 0 aliphatic carbocycles. The number of rotatable bonds is 3. The molecular weight excluding hydrogens is 422 g/mol. The number of nitrogens with zero attached hydrogens (tertiary/aromatic N) is 3. The topological polar surface area (TPSA) is 28.1 Å². The molecule has 0 saturated carbocycles. The van der Waals surface area contributed by atoms with E-state index in [1.807, 2.05) is 17.0 Å². The van der Waals surface area contributed by atoms with E-state index in [9.17, 15) is 17.6 Å². The summed E-state index contributed by atoms with van der Waals surface area (Å²) in [6, 6.07) is 15.1. The number of benzene rings is 2. The van der Waals surface area contributed by atoms with Crippen molar-refractivity contribution in [1.29, 1.82) is 0 Å². The molecule has 0 aromatic heterocycles. The van der Waals surface area contributed by atoms with Gasteiger partial charge in [0, 0.05) is 32.6 Å². The third kappa shape index (κ3) is 4.20. The highest BCUT2D eigenvalue weighted by atomic mass is 19.4. The smallest absolute Gasteiger partial charge is 0.390 e. The minimum absolute atomic E-state index is 0.0146. The second-order valence-corrected chi connectivity index (χ2v) is 8.87.